The Bertz CT molecular complexity index is 447. The van der Waals surface area contributed by atoms with Gasteiger partial charge < -0.3 is 20.5 Å². The van der Waals surface area contributed by atoms with Gasteiger partial charge in [0.1, 0.15) is 5.75 Å². The summed E-state index contributed by atoms with van der Waals surface area (Å²) in [6.45, 7) is 7.15. The highest BCUT2D eigenvalue weighted by Crippen LogP contribution is 2.18. The maximum absolute atomic E-state index is 12.3. The quantitative estimate of drug-likeness (QED) is 0.750. The first-order valence-corrected chi connectivity index (χ1v) is 6.81. The molecule has 0 saturated heterocycles. The molecule has 0 spiro atoms. The van der Waals surface area contributed by atoms with Crippen LogP contribution in [0.3, 0.4) is 0 Å². The highest BCUT2D eigenvalue weighted by Gasteiger charge is 2.18. The second-order valence-electron chi connectivity index (χ2n) is 4.98. The van der Waals surface area contributed by atoms with Gasteiger partial charge in [0, 0.05) is 23.9 Å². The van der Waals surface area contributed by atoms with E-state index in [2.05, 4.69) is 5.32 Å². The number of rotatable bonds is 7. The summed E-state index contributed by atoms with van der Waals surface area (Å²) in [5, 5.41) is 2.97. The zero-order valence-electron chi connectivity index (χ0n) is 12.6. The standard InChI is InChI=1S/C15H24N2O3/c1-5-20-9-14(10(2)3)17-15(18)11-6-12(16)8-13(7-11)19-4/h6-8,10,14H,5,9,16H2,1-4H3,(H,17,18). The lowest BCUT2D eigenvalue weighted by Gasteiger charge is -2.22. The molecule has 0 aromatic heterocycles. The van der Waals surface area contributed by atoms with Gasteiger partial charge in [0.2, 0.25) is 0 Å². The average molecular weight is 280 g/mol. The second kappa shape index (κ2) is 7.75. The van der Waals surface area contributed by atoms with E-state index < -0.39 is 0 Å². The Hall–Kier alpha value is -1.75. The van der Waals surface area contributed by atoms with Crippen LogP contribution in [0.1, 0.15) is 31.1 Å². The van der Waals surface area contributed by atoms with Crippen LogP contribution in [0.4, 0.5) is 5.69 Å². The van der Waals surface area contributed by atoms with Crippen LogP contribution in [0.25, 0.3) is 0 Å². The summed E-state index contributed by atoms with van der Waals surface area (Å²) in [6, 6.07) is 4.95. The van der Waals surface area contributed by atoms with Gasteiger partial charge in [-0.1, -0.05) is 13.8 Å². The third-order valence-electron chi connectivity index (χ3n) is 3.05. The number of carbonyl (C=O) groups excluding carboxylic acids is 1. The fourth-order valence-electron chi connectivity index (χ4n) is 1.77. The highest BCUT2D eigenvalue weighted by atomic mass is 16.5. The van der Waals surface area contributed by atoms with Gasteiger partial charge in [0.25, 0.3) is 5.91 Å². The van der Waals surface area contributed by atoms with E-state index in [4.69, 9.17) is 15.2 Å². The molecule has 0 fully saturated rings. The molecule has 0 heterocycles. The molecule has 1 aromatic carbocycles. The summed E-state index contributed by atoms with van der Waals surface area (Å²) >= 11 is 0. The number of amides is 1. The lowest BCUT2D eigenvalue weighted by atomic mass is 10.0. The van der Waals surface area contributed by atoms with Crippen molar-refractivity contribution in [2.45, 2.75) is 26.8 Å². The number of benzene rings is 1. The number of nitrogen functional groups attached to an aromatic ring is 1. The Morgan fingerprint density at radius 2 is 2.05 bits per heavy atom. The molecule has 1 aromatic rings. The van der Waals surface area contributed by atoms with Crippen LogP contribution < -0.4 is 15.8 Å². The number of nitrogens with two attached hydrogens (primary N) is 1. The number of anilines is 1. The van der Waals surface area contributed by atoms with Crippen molar-refractivity contribution in [1.29, 1.82) is 0 Å². The van der Waals surface area contributed by atoms with Crippen LogP contribution in [-0.2, 0) is 4.74 Å². The van der Waals surface area contributed by atoms with Crippen molar-refractivity contribution in [3.8, 4) is 5.75 Å². The minimum Gasteiger partial charge on any atom is -0.497 e. The molecule has 1 rings (SSSR count). The Morgan fingerprint density at radius 3 is 2.60 bits per heavy atom. The monoisotopic (exact) mass is 280 g/mol. The van der Waals surface area contributed by atoms with Crippen molar-refractivity contribution < 1.29 is 14.3 Å². The molecule has 0 bridgehead atoms. The number of nitrogens with one attached hydrogen (secondary N) is 1. The van der Waals surface area contributed by atoms with Crippen molar-refractivity contribution in [1.82, 2.24) is 5.32 Å². The number of carbonyl (C=O) groups is 1. The minimum absolute atomic E-state index is 0.0325. The summed E-state index contributed by atoms with van der Waals surface area (Å²) in [6.07, 6.45) is 0. The predicted molar refractivity (Wildman–Crippen MR) is 80.0 cm³/mol. The smallest absolute Gasteiger partial charge is 0.251 e. The van der Waals surface area contributed by atoms with Gasteiger partial charge in [0.05, 0.1) is 19.8 Å². The maximum atomic E-state index is 12.3. The molecule has 1 atom stereocenters. The van der Waals surface area contributed by atoms with Crippen LogP contribution >= 0.6 is 0 Å². The fourth-order valence-corrected chi connectivity index (χ4v) is 1.77. The number of methoxy groups -OCH3 is 1. The van der Waals surface area contributed by atoms with Gasteiger partial charge in [-0.3, -0.25) is 4.79 Å². The van der Waals surface area contributed by atoms with E-state index in [0.29, 0.717) is 30.2 Å². The fraction of sp³-hybridized carbons (Fsp3) is 0.533. The number of hydrogen-bond acceptors (Lipinski definition) is 4. The highest BCUT2D eigenvalue weighted by molar-refractivity contribution is 5.95. The Labute approximate surface area is 120 Å². The van der Waals surface area contributed by atoms with Crippen LogP contribution in [0.15, 0.2) is 18.2 Å². The van der Waals surface area contributed by atoms with E-state index in [1.807, 2.05) is 20.8 Å². The van der Waals surface area contributed by atoms with Crippen LogP contribution in [-0.4, -0.2) is 32.3 Å². The van der Waals surface area contributed by atoms with Gasteiger partial charge >= 0.3 is 0 Å². The summed E-state index contributed by atoms with van der Waals surface area (Å²) < 4.78 is 10.5. The Kier molecular flexibility index (Phi) is 6.31. The first-order valence-electron chi connectivity index (χ1n) is 6.81. The maximum Gasteiger partial charge on any atom is 0.251 e. The lowest BCUT2D eigenvalue weighted by molar-refractivity contribution is 0.0806. The van der Waals surface area contributed by atoms with Crippen LogP contribution in [0.2, 0.25) is 0 Å². The second-order valence-corrected chi connectivity index (χ2v) is 4.98. The van der Waals surface area contributed by atoms with Gasteiger partial charge in [-0.25, -0.2) is 0 Å². The summed E-state index contributed by atoms with van der Waals surface area (Å²) in [5.41, 5.74) is 6.75. The van der Waals surface area contributed by atoms with Crippen molar-refractivity contribution in [3.05, 3.63) is 23.8 Å². The molecule has 1 amide bonds. The third kappa shape index (κ3) is 4.74. The summed E-state index contributed by atoms with van der Waals surface area (Å²) in [4.78, 5) is 12.3. The van der Waals surface area contributed by atoms with Gasteiger partial charge in [0.15, 0.2) is 0 Å². The molecule has 5 nitrogen and oxygen atoms in total. The molecule has 112 valence electrons. The molecule has 0 radical (unpaired) electrons. The zero-order valence-corrected chi connectivity index (χ0v) is 12.6. The Balaban J connectivity index is 2.80. The predicted octanol–water partition coefficient (Wildman–Crippen LogP) is 2.07. The topological polar surface area (TPSA) is 73.6 Å². The zero-order chi connectivity index (χ0) is 15.1. The molecule has 0 aliphatic heterocycles. The largest absolute Gasteiger partial charge is 0.497 e. The molecule has 0 aliphatic rings. The van der Waals surface area contributed by atoms with Crippen molar-refractivity contribution in [3.63, 3.8) is 0 Å². The molecule has 20 heavy (non-hydrogen) atoms. The number of ether oxygens (including phenoxy) is 2. The van der Waals surface area contributed by atoms with Crippen LogP contribution in [0.5, 0.6) is 5.75 Å². The van der Waals surface area contributed by atoms with Gasteiger partial charge in [-0.2, -0.15) is 0 Å². The van der Waals surface area contributed by atoms with Crippen LogP contribution in [0, 0.1) is 5.92 Å². The molecule has 3 N–H and O–H groups in total. The molecule has 0 saturated carbocycles. The van der Waals surface area contributed by atoms with E-state index in [1.54, 1.807) is 25.3 Å². The van der Waals surface area contributed by atoms with Gasteiger partial charge in [-0.15, -0.1) is 0 Å². The van der Waals surface area contributed by atoms with Crippen molar-refractivity contribution >= 4 is 11.6 Å². The summed E-state index contributed by atoms with van der Waals surface area (Å²) in [5.74, 6) is 0.684. The Morgan fingerprint density at radius 1 is 1.35 bits per heavy atom. The SMILES string of the molecule is CCOCC(NC(=O)c1cc(N)cc(OC)c1)C(C)C. The van der Waals surface area contributed by atoms with Gasteiger partial charge in [-0.05, 0) is 25.0 Å². The average Bonchev–Trinajstić information content (AvgIpc) is 2.42. The van der Waals surface area contributed by atoms with E-state index >= 15 is 0 Å². The number of hydrogen-bond donors (Lipinski definition) is 2. The van der Waals surface area contributed by atoms with E-state index in [9.17, 15) is 4.79 Å². The minimum atomic E-state index is -0.172. The third-order valence-corrected chi connectivity index (χ3v) is 3.05. The molecular weight excluding hydrogens is 256 g/mol. The molecule has 0 aliphatic carbocycles. The molecule has 5 heteroatoms. The first kappa shape index (κ1) is 16.3. The molecular formula is C15H24N2O3. The van der Waals surface area contributed by atoms with Crippen molar-refractivity contribution in [2.75, 3.05) is 26.1 Å². The lowest BCUT2D eigenvalue weighted by Crippen LogP contribution is -2.41. The molecule has 1 unspecified atom stereocenters. The normalized spacial score (nSPS) is 12.2. The van der Waals surface area contributed by atoms with Crippen molar-refractivity contribution in [2.24, 2.45) is 5.92 Å². The van der Waals surface area contributed by atoms with E-state index in [1.165, 1.54) is 0 Å². The van der Waals surface area contributed by atoms with E-state index in [-0.39, 0.29) is 17.9 Å². The summed E-state index contributed by atoms with van der Waals surface area (Å²) in [7, 11) is 1.54. The first-order chi connectivity index (χ1) is 9.47. The van der Waals surface area contributed by atoms with E-state index in [0.717, 1.165) is 0 Å².